The van der Waals surface area contributed by atoms with E-state index in [0.29, 0.717) is 17.9 Å². The second-order valence-corrected chi connectivity index (χ2v) is 10.4. The maximum atomic E-state index is 12.6. The van der Waals surface area contributed by atoms with E-state index in [-0.39, 0.29) is 5.78 Å². The quantitative estimate of drug-likeness (QED) is 0.190. The molecule has 0 N–H and O–H groups in total. The van der Waals surface area contributed by atoms with Gasteiger partial charge in [0.2, 0.25) is 0 Å². The zero-order valence-electron chi connectivity index (χ0n) is 17.9. The van der Waals surface area contributed by atoms with Crippen LogP contribution in [0.2, 0.25) is 0 Å². The Balaban J connectivity index is 1.38. The summed E-state index contributed by atoms with van der Waals surface area (Å²) in [5.74, 6) is 1.29. The number of nitrogens with zero attached hydrogens (tertiary/aromatic N) is 4. The number of fused-ring (bicyclic) bond motifs is 2. The first-order chi connectivity index (χ1) is 16.1. The van der Waals surface area contributed by atoms with Gasteiger partial charge >= 0.3 is 0 Å². The normalized spacial score (nSPS) is 12.4. The van der Waals surface area contributed by atoms with Crippen molar-refractivity contribution in [3.05, 3.63) is 88.7 Å². The van der Waals surface area contributed by atoms with Gasteiger partial charge in [-0.1, -0.05) is 75.9 Å². The average molecular weight is 538 g/mol. The Kier molecular flexibility index (Phi) is 6.57. The summed E-state index contributed by atoms with van der Waals surface area (Å²) < 4.78 is 3.06. The Bertz CT molecular complexity index is 1260. The van der Waals surface area contributed by atoms with Gasteiger partial charge in [-0.05, 0) is 43.3 Å². The van der Waals surface area contributed by atoms with Crippen molar-refractivity contribution in [2.24, 2.45) is 0 Å². The maximum Gasteiger partial charge on any atom is 0.191 e. The van der Waals surface area contributed by atoms with Crippen molar-refractivity contribution in [1.82, 2.24) is 14.8 Å². The Labute approximate surface area is 209 Å². The molecule has 1 aromatic heterocycles. The molecule has 0 fully saturated rings. The van der Waals surface area contributed by atoms with Crippen molar-refractivity contribution in [3.63, 3.8) is 0 Å². The average Bonchev–Trinajstić information content (AvgIpc) is 3.24. The number of hydrogen-bond acceptors (Lipinski definition) is 6. The number of aromatic nitrogens is 3. The van der Waals surface area contributed by atoms with Crippen molar-refractivity contribution in [2.45, 2.75) is 35.0 Å². The van der Waals surface area contributed by atoms with Gasteiger partial charge in [-0.25, -0.2) is 0 Å². The topological polar surface area (TPSA) is 51.0 Å². The van der Waals surface area contributed by atoms with Gasteiger partial charge in [0.05, 0.1) is 23.7 Å². The summed E-state index contributed by atoms with van der Waals surface area (Å²) in [7, 11) is 0. The summed E-state index contributed by atoms with van der Waals surface area (Å²) in [5.41, 5.74) is 3.05. The molecule has 0 radical (unpaired) electrons. The number of thioether (sulfide) groups is 1. The molecular formula is C25H21BrN4OS2. The van der Waals surface area contributed by atoms with E-state index in [1.54, 1.807) is 11.8 Å². The molecule has 4 aromatic rings. The monoisotopic (exact) mass is 536 g/mol. The van der Waals surface area contributed by atoms with Crippen molar-refractivity contribution < 1.29 is 4.79 Å². The molecule has 5 rings (SSSR count). The number of anilines is 2. The first-order valence-corrected chi connectivity index (χ1v) is 13.2. The Morgan fingerprint density at radius 2 is 1.58 bits per heavy atom. The summed E-state index contributed by atoms with van der Waals surface area (Å²) in [5, 5.41) is 9.71. The SMILES string of the molecule is CCn1c(CN2c3ccccc3Sc3ccccc32)nnc1SCC(=O)c1ccc(Br)cc1. The number of carbonyl (C=O) groups excluding carboxylic acids is 1. The second-order valence-electron chi connectivity index (χ2n) is 7.49. The minimum absolute atomic E-state index is 0.0793. The van der Waals surface area contributed by atoms with Crippen molar-refractivity contribution in [2.75, 3.05) is 10.7 Å². The Morgan fingerprint density at radius 1 is 0.939 bits per heavy atom. The highest BCUT2D eigenvalue weighted by atomic mass is 79.9. The van der Waals surface area contributed by atoms with Gasteiger partial charge in [-0.3, -0.25) is 4.79 Å². The van der Waals surface area contributed by atoms with Gasteiger partial charge in [0.15, 0.2) is 16.8 Å². The molecule has 0 bridgehead atoms. The zero-order chi connectivity index (χ0) is 22.8. The highest BCUT2D eigenvalue weighted by Crippen LogP contribution is 2.48. The molecule has 3 aromatic carbocycles. The van der Waals surface area contributed by atoms with E-state index in [2.05, 4.69) is 91.0 Å². The molecule has 5 nitrogen and oxygen atoms in total. The van der Waals surface area contributed by atoms with Gasteiger partial charge in [-0.2, -0.15) is 0 Å². The fraction of sp³-hybridized carbons (Fsp3) is 0.160. The van der Waals surface area contributed by atoms with Crippen molar-refractivity contribution >= 4 is 56.6 Å². The van der Waals surface area contributed by atoms with E-state index < -0.39 is 0 Å². The molecule has 0 unspecified atom stereocenters. The lowest BCUT2D eigenvalue weighted by molar-refractivity contribution is 0.102. The van der Waals surface area contributed by atoms with Crippen LogP contribution in [0.25, 0.3) is 0 Å². The number of para-hydroxylation sites is 2. The molecular weight excluding hydrogens is 516 g/mol. The first-order valence-electron chi connectivity index (χ1n) is 10.6. The highest BCUT2D eigenvalue weighted by molar-refractivity contribution is 9.10. The summed E-state index contributed by atoms with van der Waals surface area (Å²) in [4.78, 5) is 17.4. The van der Waals surface area contributed by atoms with E-state index in [0.717, 1.165) is 22.0 Å². The van der Waals surface area contributed by atoms with Crippen LogP contribution < -0.4 is 4.90 Å². The number of hydrogen-bond donors (Lipinski definition) is 0. The first kappa shape index (κ1) is 22.3. The van der Waals surface area contributed by atoms with Gasteiger partial charge < -0.3 is 9.47 Å². The summed E-state index contributed by atoms with van der Waals surface area (Å²) in [6.45, 7) is 3.43. The summed E-state index contributed by atoms with van der Waals surface area (Å²) in [6.07, 6.45) is 0. The van der Waals surface area contributed by atoms with Crippen LogP contribution in [0.3, 0.4) is 0 Å². The summed E-state index contributed by atoms with van der Waals surface area (Å²) >= 11 is 6.64. The third-order valence-electron chi connectivity index (χ3n) is 5.44. The van der Waals surface area contributed by atoms with Crippen LogP contribution in [-0.2, 0) is 13.1 Å². The van der Waals surface area contributed by atoms with Crippen LogP contribution in [0.15, 0.2) is 92.2 Å². The Morgan fingerprint density at radius 3 is 2.21 bits per heavy atom. The minimum Gasteiger partial charge on any atom is -0.332 e. The standard InChI is InChI=1S/C25H21BrN4OS2/c1-2-29-24(27-28-25(29)32-16-21(31)17-11-13-18(26)14-12-17)15-30-19-7-3-5-9-22(19)33-23-10-6-4-8-20(23)30/h3-14H,2,15-16H2,1H3. The fourth-order valence-corrected chi connectivity index (χ4v) is 6.08. The molecule has 0 aliphatic carbocycles. The van der Waals surface area contributed by atoms with Gasteiger partial charge in [0.1, 0.15) is 0 Å². The lowest BCUT2D eigenvalue weighted by Crippen LogP contribution is -2.22. The van der Waals surface area contributed by atoms with E-state index in [9.17, 15) is 4.79 Å². The second kappa shape index (κ2) is 9.75. The largest absolute Gasteiger partial charge is 0.332 e. The van der Waals surface area contributed by atoms with Gasteiger partial charge in [0.25, 0.3) is 0 Å². The predicted octanol–water partition coefficient (Wildman–Crippen LogP) is 6.84. The zero-order valence-corrected chi connectivity index (χ0v) is 21.2. The number of benzene rings is 3. The van der Waals surface area contributed by atoms with Crippen LogP contribution in [0, 0.1) is 0 Å². The molecule has 166 valence electrons. The third-order valence-corrected chi connectivity index (χ3v) is 8.07. The van der Waals surface area contributed by atoms with Gasteiger partial charge in [-0.15, -0.1) is 10.2 Å². The van der Waals surface area contributed by atoms with E-state index >= 15 is 0 Å². The number of halogens is 1. The lowest BCUT2D eigenvalue weighted by Gasteiger charge is -2.32. The molecule has 33 heavy (non-hydrogen) atoms. The third kappa shape index (κ3) is 4.60. The molecule has 0 spiro atoms. The van der Waals surface area contributed by atoms with E-state index in [1.807, 2.05) is 24.3 Å². The van der Waals surface area contributed by atoms with Crippen LogP contribution in [0.4, 0.5) is 11.4 Å². The smallest absolute Gasteiger partial charge is 0.191 e. The van der Waals surface area contributed by atoms with E-state index in [1.165, 1.54) is 32.9 Å². The fourth-order valence-electron chi connectivity index (χ4n) is 3.80. The maximum absolute atomic E-state index is 12.6. The highest BCUT2D eigenvalue weighted by Gasteiger charge is 2.25. The molecule has 0 saturated heterocycles. The van der Waals surface area contributed by atoms with Gasteiger partial charge in [0, 0.05) is 26.4 Å². The van der Waals surface area contributed by atoms with Crippen LogP contribution >= 0.6 is 39.5 Å². The number of carbonyl (C=O) groups is 1. The molecule has 0 atom stereocenters. The molecule has 1 aliphatic rings. The van der Waals surface area contributed by atoms with Crippen LogP contribution in [0.5, 0.6) is 0 Å². The number of Topliss-reactive ketones (excluding diaryl/α,β-unsaturated/α-hetero) is 1. The van der Waals surface area contributed by atoms with Crippen LogP contribution in [0.1, 0.15) is 23.1 Å². The summed E-state index contributed by atoms with van der Waals surface area (Å²) in [6, 6.07) is 24.3. The Hall–Kier alpha value is -2.55. The van der Waals surface area contributed by atoms with Crippen LogP contribution in [-0.4, -0.2) is 26.3 Å². The number of rotatable bonds is 7. The molecule has 0 amide bonds. The minimum atomic E-state index is 0.0793. The molecule has 8 heteroatoms. The predicted molar refractivity (Wildman–Crippen MR) is 138 cm³/mol. The lowest BCUT2D eigenvalue weighted by atomic mass is 10.2. The molecule has 2 heterocycles. The number of ketones is 1. The van der Waals surface area contributed by atoms with E-state index in [4.69, 9.17) is 0 Å². The van der Waals surface area contributed by atoms with Crippen molar-refractivity contribution in [3.8, 4) is 0 Å². The molecule has 1 aliphatic heterocycles. The van der Waals surface area contributed by atoms with Crippen molar-refractivity contribution in [1.29, 1.82) is 0 Å². The molecule has 0 saturated carbocycles.